The predicted molar refractivity (Wildman–Crippen MR) is 106 cm³/mol. The van der Waals surface area contributed by atoms with Crippen LogP contribution in [0.15, 0.2) is 66.4 Å². The number of carbonyl (C=O) groups is 1. The van der Waals surface area contributed by atoms with Crippen LogP contribution in [0, 0.1) is 18.7 Å². The Morgan fingerprint density at radius 3 is 2.57 bits per heavy atom. The first kappa shape index (κ1) is 16.9. The average molecular weight is 373 g/mol. The summed E-state index contributed by atoms with van der Waals surface area (Å²) in [6.45, 7) is 1.97. The number of halogens is 1. The van der Waals surface area contributed by atoms with Crippen LogP contribution in [0.1, 0.15) is 35.6 Å². The molecule has 1 N–H and O–H groups in total. The van der Waals surface area contributed by atoms with Gasteiger partial charge in [0, 0.05) is 23.6 Å². The Bertz CT molecular complexity index is 1080. The number of Topliss-reactive ketones (excluding diaryl/α,β-unsaturated/α-hetero) is 1. The number of allylic oxidation sites excluding steroid dienone is 2. The zero-order valence-corrected chi connectivity index (χ0v) is 15.5. The van der Waals surface area contributed by atoms with Gasteiger partial charge in [-0.1, -0.05) is 36.4 Å². The molecule has 0 radical (unpaired) electrons. The summed E-state index contributed by atoms with van der Waals surface area (Å²) in [5.41, 5.74) is 4.75. The number of carbonyl (C=O) groups excluding carboxylic acids is 1. The lowest BCUT2D eigenvalue weighted by atomic mass is 9.72. The Labute approximate surface area is 162 Å². The van der Waals surface area contributed by atoms with Crippen molar-refractivity contribution in [2.24, 2.45) is 5.92 Å². The zero-order valence-electron chi connectivity index (χ0n) is 15.5. The predicted octanol–water partition coefficient (Wildman–Crippen LogP) is 4.74. The summed E-state index contributed by atoms with van der Waals surface area (Å²) in [5, 5.41) is 8.22. The van der Waals surface area contributed by atoms with Crippen molar-refractivity contribution in [3.05, 3.63) is 89.0 Å². The second-order valence-corrected chi connectivity index (χ2v) is 7.39. The van der Waals surface area contributed by atoms with Crippen molar-refractivity contribution < 1.29 is 9.18 Å². The van der Waals surface area contributed by atoms with Gasteiger partial charge in [-0.25, -0.2) is 9.07 Å². The minimum absolute atomic E-state index is 0.0781. The average Bonchev–Trinajstić information content (AvgIpc) is 3.04. The summed E-state index contributed by atoms with van der Waals surface area (Å²) in [5.74, 6) is 0.546. The van der Waals surface area contributed by atoms with Crippen molar-refractivity contribution in [1.29, 1.82) is 0 Å². The SMILES string of the molecule is Cc1nn(-c2ccc(F)cc2)c2c1[C@H](c1ccccc1)[C@H]1C(=O)CCC=C1N2. The van der Waals surface area contributed by atoms with Crippen LogP contribution < -0.4 is 5.32 Å². The summed E-state index contributed by atoms with van der Waals surface area (Å²) in [7, 11) is 0. The Hall–Kier alpha value is -3.21. The molecule has 5 rings (SSSR count). The van der Waals surface area contributed by atoms with Crippen molar-refractivity contribution in [1.82, 2.24) is 9.78 Å². The van der Waals surface area contributed by atoms with Gasteiger partial charge in [-0.15, -0.1) is 0 Å². The van der Waals surface area contributed by atoms with Gasteiger partial charge < -0.3 is 5.32 Å². The maximum atomic E-state index is 13.4. The standard InChI is InChI=1S/C23H20FN3O/c1-14-20-21(15-6-3-2-4-7-15)22-18(8-5-9-19(22)28)25-23(20)27(26-14)17-12-10-16(24)11-13-17/h2-4,6-8,10-13,21-22,25H,5,9H2,1H3/t21-,22+/m0/s1. The normalized spacial score (nSPS) is 20.8. The van der Waals surface area contributed by atoms with E-state index in [1.165, 1.54) is 12.1 Å². The highest BCUT2D eigenvalue weighted by atomic mass is 19.1. The summed E-state index contributed by atoms with van der Waals surface area (Å²) in [6.07, 6.45) is 3.44. The third kappa shape index (κ3) is 2.58. The smallest absolute Gasteiger partial charge is 0.143 e. The molecule has 2 atom stereocenters. The van der Waals surface area contributed by atoms with E-state index in [2.05, 4.69) is 23.5 Å². The number of aryl methyl sites for hydroxylation is 1. The summed E-state index contributed by atoms with van der Waals surface area (Å²) in [6, 6.07) is 16.5. The Kier molecular flexibility index (Phi) is 3.90. The molecule has 0 unspecified atom stereocenters. The first-order valence-corrected chi connectivity index (χ1v) is 9.53. The molecule has 0 spiro atoms. The molecule has 1 aliphatic heterocycles. The minimum Gasteiger partial charge on any atom is -0.343 e. The van der Waals surface area contributed by atoms with Gasteiger partial charge in [0.1, 0.15) is 17.4 Å². The van der Waals surface area contributed by atoms with E-state index < -0.39 is 0 Å². The van der Waals surface area contributed by atoms with E-state index in [4.69, 9.17) is 5.10 Å². The van der Waals surface area contributed by atoms with Crippen LogP contribution >= 0.6 is 0 Å². The first-order chi connectivity index (χ1) is 13.6. The van der Waals surface area contributed by atoms with Crippen molar-refractivity contribution in [3.8, 4) is 5.69 Å². The van der Waals surface area contributed by atoms with Crippen molar-refractivity contribution >= 4 is 11.6 Å². The molecule has 0 bridgehead atoms. The van der Waals surface area contributed by atoms with E-state index in [-0.39, 0.29) is 23.4 Å². The zero-order chi connectivity index (χ0) is 19.3. The molecule has 0 amide bonds. The van der Waals surface area contributed by atoms with Crippen LogP contribution in [0.4, 0.5) is 10.2 Å². The number of hydrogen-bond donors (Lipinski definition) is 1. The van der Waals surface area contributed by atoms with Gasteiger partial charge in [0.25, 0.3) is 0 Å². The number of hydrogen-bond acceptors (Lipinski definition) is 3. The Balaban J connectivity index is 1.74. The van der Waals surface area contributed by atoms with Crippen LogP contribution in [0.2, 0.25) is 0 Å². The number of fused-ring (bicyclic) bond motifs is 2. The fourth-order valence-corrected chi connectivity index (χ4v) is 4.44. The van der Waals surface area contributed by atoms with E-state index >= 15 is 0 Å². The molecule has 2 heterocycles. The van der Waals surface area contributed by atoms with Crippen molar-refractivity contribution in [2.45, 2.75) is 25.7 Å². The van der Waals surface area contributed by atoms with Gasteiger partial charge in [-0.05, 0) is 43.2 Å². The summed E-state index contributed by atoms with van der Waals surface area (Å²) >= 11 is 0. The lowest BCUT2D eigenvalue weighted by molar-refractivity contribution is -0.122. The third-order valence-electron chi connectivity index (χ3n) is 5.68. The Morgan fingerprint density at radius 2 is 1.82 bits per heavy atom. The molecule has 1 aliphatic carbocycles. The topological polar surface area (TPSA) is 46.9 Å². The molecule has 2 aliphatic rings. The second kappa shape index (κ2) is 6.44. The number of nitrogens with zero attached hydrogens (tertiary/aromatic N) is 2. The second-order valence-electron chi connectivity index (χ2n) is 7.39. The minimum atomic E-state index is -0.280. The lowest BCUT2D eigenvalue weighted by Gasteiger charge is -2.36. The molecular weight excluding hydrogens is 353 g/mol. The number of rotatable bonds is 2. The van der Waals surface area contributed by atoms with E-state index in [1.807, 2.05) is 29.8 Å². The lowest BCUT2D eigenvalue weighted by Crippen LogP contribution is -2.35. The van der Waals surface area contributed by atoms with Gasteiger partial charge in [0.15, 0.2) is 0 Å². The maximum absolute atomic E-state index is 13.4. The Morgan fingerprint density at radius 1 is 1.07 bits per heavy atom. The highest BCUT2D eigenvalue weighted by Crippen LogP contribution is 2.48. The molecular formula is C23H20FN3O. The molecule has 5 heteroatoms. The molecule has 0 fully saturated rings. The van der Waals surface area contributed by atoms with Crippen LogP contribution in [0.25, 0.3) is 5.69 Å². The number of anilines is 1. The van der Waals surface area contributed by atoms with Crippen molar-refractivity contribution in [2.75, 3.05) is 5.32 Å². The van der Waals surface area contributed by atoms with E-state index in [0.29, 0.717) is 6.42 Å². The monoisotopic (exact) mass is 373 g/mol. The highest BCUT2D eigenvalue weighted by molar-refractivity contribution is 5.89. The molecule has 0 saturated carbocycles. The number of benzene rings is 2. The van der Waals surface area contributed by atoms with Crippen LogP contribution in [0.5, 0.6) is 0 Å². The van der Waals surface area contributed by atoms with E-state index in [1.54, 1.807) is 12.1 Å². The van der Waals surface area contributed by atoms with E-state index in [0.717, 1.165) is 40.4 Å². The van der Waals surface area contributed by atoms with E-state index in [9.17, 15) is 9.18 Å². The molecule has 140 valence electrons. The summed E-state index contributed by atoms with van der Waals surface area (Å²) < 4.78 is 15.2. The number of nitrogens with one attached hydrogen (secondary N) is 1. The molecule has 4 nitrogen and oxygen atoms in total. The van der Waals surface area contributed by atoms with Crippen LogP contribution in [0.3, 0.4) is 0 Å². The fourth-order valence-electron chi connectivity index (χ4n) is 4.44. The first-order valence-electron chi connectivity index (χ1n) is 9.53. The maximum Gasteiger partial charge on any atom is 0.143 e. The highest BCUT2D eigenvalue weighted by Gasteiger charge is 2.42. The van der Waals surface area contributed by atoms with Crippen molar-refractivity contribution in [3.63, 3.8) is 0 Å². The van der Waals surface area contributed by atoms with Gasteiger partial charge in [0.05, 0.1) is 17.3 Å². The largest absolute Gasteiger partial charge is 0.343 e. The van der Waals surface area contributed by atoms with Gasteiger partial charge in [0.2, 0.25) is 0 Å². The molecule has 28 heavy (non-hydrogen) atoms. The van der Waals surface area contributed by atoms with Gasteiger partial charge >= 0.3 is 0 Å². The molecule has 2 aromatic carbocycles. The quantitative estimate of drug-likeness (QED) is 0.706. The fraction of sp³-hybridized carbons (Fsp3) is 0.217. The molecule has 1 aromatic heterocycles. The van der Waals surface area contributed by atoms with Crippen LogP contribution in [-0.2, 0) is 4.79 Å². The molecule has 3 aromatic rings. The summed E-state index contributed by atoms with van der Waals surface area (Å²) in [4.78, 5) is 12.9. The third-order valence-corrected chi connectivity index (χ3v) is 5.68. The number of ketones is 1. The van der Waals surface area contributed by atoms with Gasteiger partial charge in [-0.2, -0.15) is 5.10 Å². The molecule has 0 saturated heterocycles. The van der Waals surface area contributed by atoms with Crippen LogP contribution in [-0.4, -0.2) is 15.6 Å². The van der Waals surface area contributed by atoms with Gasteiger partial charge in [-0.3, -0.25) is 4.79 Å². The number of aromatic nitrogens is 2.